The number of amides is 3. The lowest BCUT2D eigenvalue weighted by Crippen LogP contribution is -2.45. The Labute approximate surface area is 171 Å². The fourth-order valence-electron chi connectivity index (χ4n) is 3.08. The highest BCUT2D eigenvalue weighted by Crippen LogP contribution is 2.43. The third-order valence-electron chi connectivity index (χ3n) is 4.58. The minimum atomic E-state index is -0.510. The van der Waals surface area contributed by atoms with Crippen molar-refractivity contribution < 1.29 is 14.4 Å². The van der Waals surface area contributed by atoms with Crippen molar-refractivity contribution in [1.82, 2.24) is 10.4 Å². The highest BCUT2D eigenvalue weighted by Gasteiger charge is 2.41. The van der Waals surface area contributed by atoms with Crippen LogP contribution in [0.1, 0.15) is 21.5 Å². The lowest BCUT2D eigenvalue weighted by atomic mass is 10.1. The van der Waals surface area contributed by atoms with Gasteiger partial charge in [-0.2, -0.15) is 5.01 Å². The molecule has 0 aliphatic carbocycles. The van der Waals surface area contributed by atoms with Crippen LogP contribution in [-0.2, 0) is 9.59 Å². The second kappa shape index (κ2) is 6.88. The van der Waals surface area contributed by atoms with E-state index in [2.05, 4.69) is 5.43 Å². The first-order valence-electron chi connectivity index (χ1n) is 8.44. The zero-order chi connectivity index (χ0) is 20.0. The molecule has 28 heavy (non-hydrogen) atoms. The molecule has 1 saturated heterocycles. The Kier molecular flexibility index (Phi) is 4.52. The van der Waals surface area contributed by atoms with E-state index in [-0.39, 0.29) is 15.1 Å². The molecule has 2 heterocycles. The van der Waals surface area contributed by atoms with E-state index < -0.39 is 11.8 Å². The van der Waals surface area contributed by atoms with Crippen LogP contribution in [0.4, 0.5) is 5.69 Å². The van der Waals surface area contributed by atoms with Gasteiger partial charge in [-0.15, -0.1) is 0 Å². The fourth-order valence-corrected chi connectivity index (χ4v) is 4.33. The second-order valence-electron chi connectivity index (χ2n) is 6.40. The van der Waals surface area contributed by atoms with Crippen molar-refractivity contribution >= 4 is 57.3 Å². The molecule has 0 radical (unpaired) electrons. The highest BCUT2D eigenvalue weighted by atomic mass is 32.2. The first kappa shape index (κ1) is 18.4. The molecule has 4 rings (SSSR count). The molecule has 2 aliphatic heterocycles. The molecule has 1 fully saturated rings. The number of likely N-dealkylation sites (N-methyl/N-ethyl adjacent to an activating group) is 1. The van der Waals surface area contributed by atoms with E-state index in [4.69, 9.17) is 12.2 Å². The average molecular weight is 409 g/mol. The van der Waals surface area contributed by atoms with Crippen molar-refractivity contribution in [2.45, 2.75) is 6.92 Å². The standard InChI is InChI=1S/C20H15N3O3S2/c1-11-7-9-12(10-8-11)17(24)21-23-19(26)16(28-20(23)27)15-13-5-3-4-6-14(13)22(2)18(15)25/h3-10H,1-2H3,(H,21,24)/b16-15-. The molecule has 8 heteroatoms. The summed E-state index contributed by atoms with van der Waals surface area (Å²) >= 11 is 6.29. The topological polar surface area (TPSA) is 69.7 Å². The number of carbonyl (C=O) groups excluding carboxylic acids is 3. The van der Waals surface area contributed by atoms with E-state index >= 15 is 0 Å². The quantitative estimate of drug-likeness (QED) is 0.610. The van der Waals surface area contributed by atoms with E-state index in [0.717, 1.165) is 28.0 Å². The van der Waals surface area contributed by atoms with Crippen molar-refractivity contribution in [3.8, 4) is 0 Å². The van der Waals surface area contributed by atoms with Crippen LogP contribution in [-0.4, -0.2) is 34.1 Å². The van der Waals surface area contributed by atoms with E-state index in [1.807, 2.05) is 37.3 Å². The zero-order valence-corrected chi connectivity index (χ0v) is 16.7. The van der Waals surface area contributed by atoms with E-state index in [1.165, 1.54) is 4.90 Å². The number of benzene rings is 2. The predicted octanol–water partition coefficient (Wildman–Crippen LogP) is 2.89. The van der Waals surface area contributed by atoms with Gasteiger partial charge in [0.25, 0.3) is 17.7 Å². The van der Waals surface area contributed by atoms with Crippen molar-refractivity contribution in [2.24, 2.45) is 0 Å². The fraction of sp³-hybridized carbons (Fsp3) is 0.100. The third kappa shape index (κ3) is 2.90. The first-order valence-corrected chi connectivity index (χ1v) is 9.66. The van der Waals surface area contributed by atoms with Crippen molar-refractivity contribution in [3.05, 3.63) is 70.1 Å². The Morgan fingerprint density at radius 1 is 1.04 bits per heavy atom. The van der Waals surface area contributed by atoms with Gasteiger partial charge in [0.05, 0.1) is 16.2 Å². The van der Waals surface area contributed by atoms with Gasteiger partial charge in [-0.1, -0.05) is 47.7 Å². The van der Waals surface area contributed by atoms with Crippen molar-refractivity contribution in [1.29, 1.82) is 0 Å². The molecule has 6 nitrogen and oxygen atoms in total. The van der Waals surface area contributed by atoms with E-state index in [9.17, 15) is 14.4 Å². The maximum absolute atomic E-state index is 13.0. The number of rotatable bonds is 2. The summed E-state index contributed by atoms with van der Waals surface area (Å²) in [4.78, 5) is 39.9. The number of anilines is 1. The van der Waals surface area contributed by atoms with E-state index in [0.29, 0.717) is 16.7 Å². The van der Waals surface area contributed by atoms with Gasteiger partial charge in [0, 0.05) is 18.2 Å². The smallest absolute Gasteiger partial charge is 0.286 e. The van der Waals surface area contributed by atoms with Gasteiger partial charge in [-0.05, 0) is 37.3 Å². The minimum Gasteiger partial charge on any atom is -0.311 e. The summed E-state index contributed by atoms with van der Waals surface area (Å²) in [5, 5.41) is 1.03. The zero-order valence-electron chi connectivity index (χ0n) is 15.1. The molecule has 1 N–H and O–H groups in total. The Morgan fingerprint density at radius 2 is 1.71 bits per heavy atom. The normalized spacial score (nSPS) is 18.7. The summed E-state index contributed by atoms with van der Waals surface area (Å²) < 4.78 is 0.174. The SMILES string of the molecule is Cc1ccc(C(=O)NN2C(=O)/C(=C3/C(=O)N(C)c4ccccc43)SC2=S)cc1. The number of thioether (sulfide) groups is 1. The Bertz CT molecular complexity index is 1080. The summed E-state index contributed by atoms with van der Waals surface area (Å²) in [6.45, 7) is 1.92. The molecule has 0 bridgehead atoms. The number of nitrogens with zero attached hydrogens (tertiary/aromatic N) is 2. The van der Waals surface area contributed by atoms with Crippen LogP contribution in [0.25, 0.3) is 5.57 Å². The molecule has 140 valence electrons. The number of hydrogen-bond acceptors (Lipinski definition) is 5. The number of hydrogen-bond donors (Lipinski definition) is 1. The molecule has 0 aromatic heterocycles. The Morgan fingerprint density at radius 3 is 2.43 bits per heavy atom. The summed E-state index contributed by atoms with van der Waals surface area (Å²) in [7, 11) is 1.66. The largest absolute Gasteiger partial charge is 0.311 e. The van der Waals surface area contributed by atoms with Crippen LogP contribution >= 0.6 is 24.0 Å². The van der Waals surface area contributed by atoms with Gasteiger partial charge >= 0.3 is 0 Å². The molecule has 3 amide bonds. The van der Waals surface area contributed by atoms with Crippen LogP contribution in [0.3, 0.4) is 0 Å². The summed E-state index contributed by atoms with van der Waals surface area (Å²) in [5.74, 6) is -1.23. The highest BCUT2D eigenvalue weighted by molar-refractivity contribution is 8.26. The molecule has 2 aliphatic rings. The molecule has 0 saturated carbocycles. The number of hydrazine groups is 1. The van der Waals surface area contributed by atoms with Gasteiger partial charge in [-0.3, -0.25) is 19.8 Å². The molecule has 0 spiro atoms. The maximum Gasteiger partial charge on any atom is 0.286 e. The van der Waals surface area contributed by atoms with Gasteiger partial charge in [0.1, 0.15) is 0 Å². The molecule has 0 unspecified atom stereocenters. The minimum absolute atomic E-state index is 0.174. The maximum atomic E-state index is 13.0. The number of aryl methyl sites for hydroxylation is 1. The average Bonchev–Trinajstić information content (AvgIpc) is 3.10. The number of para-hydroxylation sites is 1. The lowest BCUT2D eigenvalue weighted by molar-refractivity contribution is -0.124. The second-order valence-corrected chi connectivity index (χ2v) is 8.05. The van der Waals surface area contributed by atoms with Gasteiger partial charge in [-0.25, -0.2) is 0 Å². The number of carbonyl (C=O) groups is 3. The van der Waals surface area contributed by atoms with Gasteiger partial charge in [0.15, 0.2) is 4.32 Å². The molecule has 0 atom stereocenters. The van der Waals surface area contributed by atoms with Gasteiger partial charge in [0.2, 0.25) is 0 Å². The van der Waals surface area contributed by atoms with Crippen LogP contribution in [0.5, 0.6) is 0 Å². The first-order chi connectivity index (χ1) is 13.4. The molecule has 2 aromatic carbocycles. The van der Waals surface area contributed by atoms with Crippen LogP contribution in [0.15, 0.2) is 53.4 Å². The lowest BCUT2D eigenvalue weighted by Gasteiger charge is -2.15. The van der Waals surface area contributed by atoms with Gasteiger partial charge < -0.3 is 4.90 Å². The van der Waals surface area contributed by atoms with Crippen molar-refractivity contribution in [3.63, 3.8) is 0 Å². The molecular formula is C20H15N3O3S2. The summed E-state index contributed by atoms with van der Waals surface area (Å²) in [6.07, 6.45) is 0. The third-order valence-corrected chi connectivity index (χ3v) is 5.95. The van der Waals surface area contributed by atoms with Crippen molar-refractivity contribution in [2.75, 3.05) is 11.9 Å². The van der Waals surface area contributed by atoms with Crippen LogP contribution < -0.4 is 10.3 Å². The Balaban J connectivity index is 1.66. The summed E-state index contributed by atoms with van der Waals surface area (Å²) in [5.41, 5.74) is 5.70. The number of thiocarbonyl (C=S) groups is 1. The number of fused-ring (bicyclic) bond motifs is 1. The monoisotopic (exact) mass is 409 g/mol. The number of nitrogens with one attached hydrogen (secondary N) is 1. The predicted molar refractivity (Wildman–Crippen MR) is 112 cm³/mol. The summed E-state index contributed by atoms with van der Waals surface area (Å²) in [6, 6.07) is 14.2. The van der Waals surface area contributed by atoms with Crippen LogP contribution in [0.2, 0.25) is 0 Å². The van der Waals surface area contributed by atoms with E-state index in [1.54, 1.807) is 25.2 Å². The molecular weight excluding hydrogens is 394 g/mol. The Hall–Kier alpha value is -2.97. The molecule has 2 aromatic rings. The van der Waals surface area contributed by atoms with Crippen LogP contribution in [0, 0.1) is 6.92 Å².